The molecule has 0 amide bonds. The van der Waals surface area contributed by atoms with E-state index >= 15 is 0 Å². The molecule has 17 heavy (non-hydrogen) atoms. The number of hydrogen-bond acceptors (Lipinski definition) is 2. The fraction of sp³-hybridized carbons (Fsp3) is 0.933. The van der Waals surface area contributed by atoms with Crippen molar-refractivity contribution in [2.75, 3.05) is 19.6 Å². The fourth-order valence-electron chi connectivity index (χ4n) is 2.94. The summed E-state index contributed by atoms with van der Waals surface area (Å²) in [6, 6.07) is 0. The number of carbonyl (C=O) groups excluding carboxylic acids is 1. The highest BCUT2D eigenvalue weighted by Gasteiger charge is 2.34. The van der Waals surface area contributed by atoms with Crippen LogP contribution in [-0.2, 0) is 4.79 Å². The molecule has 1 rings (SSSR count). The standard InChI is InChI=1S/C15H29NO/c1-6-8-15(5,12-17)11-16-9-7-13(10-16)14(2,3)4/h12-13H,6-11H2,1-5H3. The Labute approximate surface area is 107 Å². The second-order valence-electron chi connectivity index (χ2n) is 7.11. The lowest BCUT2D eigenvalue weighted by atomic mass is 9.80. The Bertz CT molecular complexity index is 256. The van der Waals surface area contributed by atoms with Crippen molar-refractivity contribution < 1.29 is 4.79 Å². The number of aldehydes is 1. The topological polar surface area (TPSA) is 20.3 Å². The van der Waals surface area contributed by atoms with Gasteiger partial charge < -0.3 is 9.69 Å². The molecule has 1 aliphatic rings. The van der Waals surface area contributed by atoms with Crippen molar-refractivity contribution in [3.63, 3.8) is 0 Å². The second kappa shape index (κ2) is 5.51. The molecule has 100 valence electrons. The first-order chi connectivity index (χ1) is 7.80. The Morgan fingerprint density at radius 2 is 1.94 bits per heavy atom. The average molecular weight is 239 g/mol. The van der Waals surface area contributed by atoms with Crippen LogP contribution in [-0.4, -0.2) is 30.8 Å². The van der Waals surface area contributed by atoms with Gasteiger partial charge in [0.1, 0.15) is 6.29 Å². The van der Waals surface area contributed by atoms with E-state index < -0.39 is 0 Å². The molecule has 1 fully saturated rings. The maximum atomic E-state index is 11.3. The molecular weight excluding hydrogens is 210 g/mol. The molecule has 1 saturated heterocycles. The van der Waals surface area contributed by atoms with Gasteiger partial charge in [-0.1, -0.05) is 41.0 Å². The maximum Gasteiger partial charge on any atom is 0.127 e. The molecule has 2 nitrogen and oxygen atoms in total. The van der Waals surface area contributed by atoms with Crippen molar-refractivity contribution in [2.45, 2.75) is 53.9 Å². The molecule has 1 aliphatic heterocycles. The predicted molar refractivity (Wildman–Crippen MR) is 73.1 cm³/mol. The van der Waals surface area contributed by atoms with Crippen LogP contribution in [0.1, 0.15) is 53.9 Å². The van der Waals surface area contributed by atoms with E-state index in [4.69, 9.17) is 0 Å². The van der Waals surface area contributed by atoms with Crippen LogP contribution in [0, 0.1) is 16.7 Å². The van der Waals surface area contributed by atoms with Gasteiger partial charge in [-0.2, -0.15) is 0 Å². The highest BCUT2D eigenvalue weighted by atomic mass is 16.1. The van der Waals surface area contributed by atoms with Crippen molar-refractivity contribution in [1.29, 1.82) is 0 Å². The number of carbonyl (C=O) groups is 1. The molecule has 0 aromatic rings. The molecule has 0 aromatic heterocycles. The molecule has 2 heteroatoms. The molecule has 0 bridgehead atoms. The van der Waals surface area contributed by atoms with Gasteiger partial charge in [-0.3, -0.25) is 0 Å². The molecular formula is C15H29NO. The summed E-state index contributed by atoms with van der Waals surface area (Å²) in [5, 5.41) is 0. The van der Waals surface area contributed by atoms with Gasteiger partial charge in [0.05, 0.1) is 0 Å². The second-order valence-corrected chi connectivity index (χ2v) is 7.11. The molecule has 0 aliphatic carbocycles. The summed E-state index contributed by atoms with van der Waals surface area (Å²) in [4.78, 5) is 13.7. The molecule has 2 unspecified atom stereocenters. The van der Waals surface area contributed by atoms with Crippen LogP contribution in [0.15, 0.2) is 0 Å². The lowest BCUT2D eigenvalue weighted by Gasteiger charge is -2.30. The van der Waals surface area contributed by atoms with Crippen LogP contribution in [0.2, 0.25) is 0 Å². The van der Waals surface area contributed by atoms with Gasteiger partial charge in [0.25, 0.3) is 0 Å². The lowest BCUT2D eigenvalue weighted by Crippen LogP contribution is -2.36. The van der Waals surface area contributed by atoms with E-state index in [-0.39, 0.29) is 5.41 Å². The van der Waals surface area contributed by atoms with Gasteiger partial charge in [0.15, 0.2) is 0 Å². The highest BCUT2D eigenvalue weighted by molar-refractivity contribution is 5.59. The van der Waals surface area contributed by atoms with E-state index in [0.29, 0.717) is 5.41 Å². The van der Waals surface area contributed by atoms with E-state index in [0.717, 1.165) is 38.4 Å². The van der Waals surface area contributed by atoms with Crippen molar-refractivity contribution in [1.82, 2.24) is 4.90 Å². The Hall–Kier alpha value is -0.370. The number of likely N-dealkylation sites (tertiary alicyclic amines) is 1. The van der Waals surface area contributed by atoms with Crippen LogP contribution in [0.5, 0.6) is 0 Å². The van der Waals surface area contributed by atoms with E-state index in [2.05, 4.69) is 39.5 Å². The monoisotopic (exact) mass is 239 g/mol. The molecule has 0 spiro atoms. The molecule has 0 saturated carbocycles. The van der Waals surface area contributed by atoms with E-state index in [1.807, 2.05) is 0 Å². The Morgan fingerprint density at radius 1 is 1.29 bits per heavy atom. The minimum absolute atomic E-state index is 0.137. The molecule has 2 atom stereocenters. The molecule has 0 aromatic carbocycles. The zero-order valence-corrected chi connectivity index (χ0v) is 12.3. The summed E-state index contributed by atoms with van der Waals surface area (Å²) in [5.74, 6) is 0.778. The number of nitrogens with zero attached hydrogens (tertiary/aromatic N) is 1. The number of hydrogen-bond donors (Lipinski definition) is 0. The molecule has 0 N–H and O–H groups in total. The first kappa shape index (κ1) is 14.7. The Balaban J connectivity index is 2.52. The summed E-state index contributed by atoms with van der Waals surface area (Å²) in [6.07, 6.45) is 4.55. The largest absolute Gasteiger partial charge is 0.303 e. The van der Waals surface area contributed by atoms with Gasteiger partial charge in [-0.15, -0.1) is 0 Å². The van der Waals surface area contributed by atoms with Gasteiger partial charge >= 0.3 is 0 Å². The lowest BCUT2D eigenvalue weighted by molar-refractivity contribution is -0.116. The SMILES string of the molecule is CCCC(C)(C=O)CN1CCC(C(C)(C)C)C1. The van der Waals surface area contributed by atoms with Crippen molar-refractivity contribution in [3.8, 4) is 0 Å². The maximum absolute atomic E-state index is 11.3. The first-order valence-electron chi connectivity index (χ1n) is 6.99. The normalized spacial score (nSPS) is 25.8. The van der Waals surface area contributed by atoms with Crippen molar-refractivity contribution in [3.05, 3.63) is 0 Å². The van der Waals surface area contributed by atoms with E-state index in [1.54, 1.807) is 0 Å². The van der Waals surface area contributed by atoms with Gasteiger partial charge in [0, 0.05) is 18.5 Å². The fourth-order valence-corrected chi connectivity index (χ4v) is 2.94. The minimum Gasteiger partial charge on any atom is -0.303 e. The van der Waals surface area contributed by atoms with Crippen molar-refractivity contribution >= 4 is 6.29 Å². The van der Waals surface area contributed by atoms with E-state index in [9.17, 15) is 4.79 Å². The third-order valence-corrected chi connectivity index (χ3v) is 4.19. The highest BCUT2D eigenvalue weighted by Crippen LogP contribution is 2.35. The van der Waals surface area contributed by atoms with E-state index in [1.165, 1.54) is 12.7 Å². The first-order valence-corrected chi connectivity index (χ1v) is 6.99. The van der Waals surface area contributed by atoms with Gasteiger partial charge in [0.2, 0.25) is 0 Å². The van der Waals surface area contributed by atoms with Crippen LogP contribution in [0.3, 0.4) is 0 Å². The van der Waals surface area contributed by atoms with Crippen LogP contribution in [0.4, 0.5) is 0 Å². The summed E-state index contributed by atoms with van der Waals surface area (Å²) in [6.45, 7) is 14.5. The Morgan fingerprint density at radius 3 is 2.35 bits per heavy atom. The predicted octanol–water partition coefficient (Wildman–Crippen LogP) is 3.36. The smallest absolute Gasteiger partial charge is 0.127 e. The average Bonchev–Trinajstić information content (AvgIpc) is 2.66. The molecule has 1 heterocycles. The van der Waals surface area contributed by atoms with Crippen LogP contribution >= 0.6 is 0 Å². The Kier molecular flexibility index (Phi) is 4.77. The van der Waals surface area contributed by atoms with Crippen LogP contribution < -0.4 is 0 Å². The molecule has 0 radical (unpaired) electrons. The summed E-state index contributed by atoms with van der Waals surface area (Å²) >= 11 is 0. The van der Waals surface area contributed by atoms with Gasteiger partial charge in [-0.25, -0.2) is 0 Å². The minimum atomic E-state index is -0.137. The zero-order chi connectivity index (χ0) is 13.1. The summed E-state index contributed by atoms with van der Waals surface area (Å²) in [7, 11) is 0. The quantitative estimate of drug-likeness (QED) is 0.686. The van der Waals surface area contributed by atoms with Crippen molar-refractivity contribution in [2.24, 2.45) is 16.7 Å². The third-order valence-electron chi connectivity index (χ3n) is 4.19. The third kappa shape index (κ3) is 4.09. The van der Waals surface area contributed by atoms with Gasteiger partial charge in [-0.05, 0) is 30.7 Å². The van der Waals surface area contributed by atoms with Crippen LogP contribution in [0.25, 0.3) is 0 Å². The summed E-state index contributed by atoms with van der Waals surface area (Å²) in [5.41, 5.74) is 0.263. The number of rotatable bonds is 5. The zero-order valence-electron chi connectivity index (χ0n) is 12.3. The summed E-state index contributed by atoms with van der Waals surface area (Å²) < 4.78 is 0.